The molecule has 0 radical (unpaired) electrons. The zero-order valence-electron chi connectivity index (χ0n) is 14.9. The topological polar surface area (TPSA) is 103 Å². The van der Waals surface area contributed by atoms with Gasteiger partial charge in [0, 0.05) is 6.07 Å². The maximum atomic E-state index is 12.4. The summed E-state index contributed by atoms with van der Waals surface area (Å²) >= 11 is 0. The Kier molecular flexibility index (Phi) is 5.52. The molecule has 3 rings (SSSR count). The van der Waals surface area contributed by atoms with Crippen LogP contribution in [-0.4, -0.2) is 41.2 Å². The first-order chi connectivity index (χ1) is 12.9. The smallest absolute Gasteiger partial charge is 0.241 e. The summed E-state index contributed by atoms with van der Waals surface area (Å²) in [7, 11) is -2.39. The number of rotatable bonds is 6. The number of anilines is 1. The van der Waals surface area contributed by atoms with Crippen LogP contribution in [0.25, 0.3) is 0 Å². The molecule has 1 aliphatic heterocycles. The number of hydrogen-bond donors (Lipinski definition) is 2. The second kappa shape index (κ2) is 7.85. The van der Waals surface area contributed by atoms with Crippen molar-refractivity contribution in [3.05, 3.63) is 42.0 Å². The number of carbonyl (C=O) groups excluding carboxylic acids is 1. The lowest BCUT2D eigenvalue weighted by Crippen LogP contribution is -2.33. The van der Waals surface area contributed by atoms with Crippen LogP contribution >= 0.6 is 0 Å². The van der Waals surface area contributed by atoms with Gasteiger partial charge in [-0.05, 0) is 36.8 Å². The van der Waals surface area contributed by atoms with Crippen LogP contribution in [0.15, 0.2) is 41.3 Å². The van der Waals surface area contributed by atoms with E-state index in [1.807, 2.05) is 13.0 Å². The van der Waals surface area contributed by atoms with Gasteiger partial charge in [-0.2, -0.15) is 0 Å². The summed E-state index contributed by atoms with van der Waals surface area (Å²) in [5.74, 6) is 0.825. The van der Waals surface area contributed by atoms with E-state index in [4.69, 9.17) is 14.2 Å². The molecule has 0 fully saturated rings. The Morgan fingerprint density at radius 1 is 1.11 bits per heavy atom. The Hall–Kier alpha value is -2.78. The van der Waals surface area contributed by atoms with Gasteiger partial charge in [0.15, 0.2) is 11.5 Å². The first-order valence-corrected chi connectivity index (χ1v) is 9.71. The number of hydrogen-bond acceptors (Lipinski definition) is 6. The first-order valence-electron chi connectivity index (χ1n) is 8.23. The molecule has 1 heterocycles. The Balaban J connectivity index is 1.67. The quantitative estimate of drug-likeness (QED) is 0.776. The summed E-state index contributed by atoms with van der Waals surface area (Å²) in [5.41, 5.74) is 1.41. The van der Waals surface area contributed by atoms with Crippen LogP contribution in [0.3, 0.4) is 0 Å². The van der Waals surface area contributed by atoms with Gasteiger partial charge in [0.25, 0.3) is 0 Å². The van der Waals surface area contributed by atoms with E-state index in [1.165, 1.54) is 25.3 Å². The summed E-state index contributed by atoms with van der Waals surface area (Å²) < 4.78 is 43.1. The molecule has 0 unspecified atom stereocenters. The molecule has 0 saturated heterocycles. The fraction of sp³-hybridized carbons (Fsp3) is 0.278. The third-order valence-electron chi connectivity index (χ3n) is 3.88. The van der Waals surface area contributed by atoms with E-state index in [0.717, 1.165) is 5.56 Å². The number of aryl methyl sites for hydroxylation is 1. The molecule has 2 aromatic carbocycles. The van der Waals surface area contributed by atoms with Gasteiger partial charge >= 0.3 is 0 Å². The van der Waals surface area contributed by atoms with Gasteiger partial charge in [-0.15, -0.1) is 0 Å². The Labute approximate surface area is 157 Å². The summed E-state index contributed by atoms with van der Waals surface area (Å²) in [6, 6.07) is 9.62. The zero-order chi connectivity index (χ0) is 19.4. The zero-order valence-corrected chi connectivity index (χ0v) is 15.8. The third kappa shape index (κ3) is 4.50. The van der Waals surface area contributed by atoms with Crippen molar-refractivity contribution in [2.75, 3.05) is 32.2 Å². The lowest BCUT2D eigenvalue weighted by molar-refractivity contribution is -0.115. The molecule has 27 heavy (non-hydrogen) atoms. The minimum Gasteiger partial charge on any atom is -0.495 e. The van der Waals surface area contributed by atoms with Crippen LogP contribution in [0.4, 0.5) is 5.69 Å². The maximum absolute atomic E-state index is 12.4. The van der Waals surface area contributed by atoms with Gasteiger partial charge < -0.3 is 19.5 Å². The number of benzene rings is 2. The van der Waals surface area contributed by atoms with E-state index in [9.17, 15) is 13.2 Å². The molecule has 2 N–H and O–H groups in total. The minimum atomic E-state index is -3.88. The van der Waals surface area contributed by atoms with E-state index in [1.54, 1.807) is 12.1 Å². The highest BCUT2D eigenvalue weighted by Gasteiger charge is 2.20. The van der Waals surface area contributed by atoms with Gasteiger partial charge in [0.1, 0.15) is 19.0 Å². The van der Waals surface area contributed by atoms with Crippen molar-refractivity contribution in [1.82, 2.24) is 4.72 Å². The lowest BCUT2D eigenvalue weighted by atomic mass is 10.2. The fourth-order valence-corrected chi connectivity index (χ4v) is 3.55. The molecule has 2 aromatic rings. The lowest BCUT2D eigenvalue weighted by Gasteiger charge is -2.19. The highest BCUT2D eigenvalue weighted by Crippen LogP contribution is 2.32. The minimum absolute atomic E-state index is 0.00677. The molecule has 0 aromatic heterocycles. The van der Waals surface area contributed by atoms with Crippen molar-refractivity contribution in [2.45, 2.75) is 11.8 Å². The fourth-order valence-electron chi connectivity index (χ4n) is 2.55. The average molecular weight is 392 g/mol. The molecule has 9 heteroatoms. The predicted octanol–water partition coefficient (Wildman–Crippen LogP) is 1.69. The number of ether oxygens (including phenoxy) is 3. The van der Waals surface area contributed by atoms with Crippen LogP contribution in [0.2, 0.25) is 0 Å². The normalized spacial score (nSPS) is 13.1. The van der Waals surface area contributed by atoms with Gasteiger partial charge in [0.2, 0.25) is 15.9 Å². The predicted molar refractivity (Wildman–Crippen MR) is 99.0 cm³/mol. The second-order valence-electron chi connectivity index (χ2n) is 5.88. The van der Waals surface area contributed by atoms with E-state index in [2.05, 4.69) is 10.0 Å². The number of carbonyl (C=O) groups is 1. The number of methoxy groups -OCH3 is 1. The van der Waals surface area contributed by atoms with E-state index in [0.29, 0.717) is 36.1 Å². The van der Waals surface area contributed by atoms with E-state index < -0.39 is 22.5 Å². The molecule has 144 valence electrons. The summed E-state index contributed by atoms with van der Waals surface area (Å²) in [5, 5.41) is 2.64. The van der Waals surface area contributed by atoms with Crippen molar-refractivity contribution >= 4 is 21.6 Å². The van der Waals surface area contributed by atoms with Crippen LogP contribution in [0.1, 0.15) is 5.56 Å². The Bertz CT molecular complexity index is 958. The number of nitrogens with one attached hydrogen (secondary N) is 2. The molecule has 0 atom stereocenters. The number of sulfonamides is 1. The standard InChI is InChI=1S/C18H20N2O6S/c1-12-3-5-15(24-2)14(9-12)20-18(21)11-19-27(22,23)13-4-6-16-17(10-13)26-8-7-25-16/h3-6,9-10,19H,7-8,11H2,1-2H3,(H,20,21). The highest BCUT2D eigenvalue weighted by molar-refractivity contribution is 7.89. The van der Waals surface area contributed by atoms with Crippen LogP contribution in [0.5, 0.6) is 17.2 Å². The van der Waals surface area contributed by atoms with Gasteiger partial charge in [-0.25, -0.2) is 13.1 Å². The molecular formula is C18H20N2O6S. The van der Waals surface area contributed by atoms with Crippen molar-refractivity contribution in [1.29, 1.82) is 0 Å². The van der Waals surface area contributed by atoms with Crippen molar-refractivity contribution in [2.24, 2.45) is 0 Å². The van der Waals surface area contributed by atoms with E-state index in [-0.39, 0.29) is 4.90 Å². The number of fused-ring (bicyclic) bond motifs is 1. The molecule has 1 amide bonds. The molecule has 0 spiro atoms. The Morgan fingerprint density at radius 3 is 2.59 bits per heavy atom. The second-order valence-corrected chi connectivity index (χ2v) is 7.65. The molecular weight excluding hydrogens is 372 g/mol. The van der Waals surface area contributed by atoms with Crippen molar-refractivity contribution in [3.8, 4) is 17.2 Å². The van der Waals surface area contributed by atoms with E-state index >= 15 is 0 Å². The molecule has 0 bridgehead atoms. The molecule has 0 aliphatic carbocycles. The average Bonchev–Trinajstić information content (AvgIpc) is 2.66. The van der Waals surface area contributed by atoms with Crippen LogP contribution in [0, 0.1) is 6.92 Å². The monoisotopic (exact) mass is 392 g/mol. The van der Waals surface area contributed by atoms with Crippen molar-refractivity contribution < 1.29 is 27.4 Å². The molecule has 0 saturated carbocycles. The highest BCUT2D eigenvalue weighted by atomic mass is 32.2. The number of amides is 1. The van der Waals surface area contributed by atoms with Gasteiger partial charge in [-0.1, -0.05) is 6.07 Å². The van der Waals surface area contributed by atoms with Crippen molar-refractivity contribution in [3.63, 3.8) is 0 Å². The molecule has 8 nitrogen and oxygen atoms in total. The summed E-state index contributed by atoms with van der Waals surface area (Å²) in [6.07, 6.45) is 0. The Morgan fingerprint density at radius 2 is 1.85 bits per heavy atom. The van der Waals surface area contributed by atoms with Crippen LogP contribution in [-0.2, 0) is 14.8 Å². The summed E-state index contributed by atoms with van der Waals surface area (Å²) in [6.45, 7) is 2.22. The maximum Gasteiger partial charge on any atom is 0.241 e. The first kappa shape index (κ1) is 19.0. The van der Waals surface area contributed by atoms with Gasteiger partial charge in [0.05, 0.1) is 24.2 Å². The SMILES string of the molecule is COc1ccc(C)cc1NC(=O)CNS(=O)(=O)c1ccc2c(c1)OCCO2. The third-order valence-corrected chi connectivity index (χ3v) is 5.27. The van der Waals surface area contributed by atoms with Gasteiger partial charge in [-0.3, -0.25) is 4.79 Å². The van der Waals surface area contributed by atoms with Crippen LogP contribution < -0.4 is 24.2 Å². The largest absolute Gasteiger partial charge is 0.495 e. The molecule has 1 aliphatic rings. The summed E-state index contributed by atoms with van der Waals surface area (Å²) in [4.78, 5) is 12.2.